The molecule has 17 nitrogen and oxygen atoms in total. The number of aliphatic hydroxyl groups is 1. The van der Waals surface area contributed by atoms with Crippen LogP contribution < -0.4 is 0 Å². The number of unbranched alkanes of at least 4 members (excludes halogenated alkanes) is 49. The minimum absolute atomic E-state index is 0.108. The predicted octanol–water partition coefficient (Wildman–Crippen LogP) is 22.9. The normalized spacial score (nSPS) is 13.9. The van der Waals surface area contributed by atoms with Gasteiger partial charge in [0.1, 0.15) is 19.3 Å². The van der Waals surface area contributed by atoms with Gasteiger partial charge in [-0.25, -0.2) is 9.13 Å². The van der Waals surface area contributed by atoms with Crippen LogP contribution in [0.3, 0.4) is 0 Å². The summed E-state index contributed by atoms with van der Waals surface area (Å²) in [5.41, 5.74) is 0. The fraction of sp³-hybridized carbons (Fsp3) is 0.948. The first kappa shape index (κ1) is 94.1. The van der Waals surface area contributed by atoms with Gasteiger partial charge in [-0.05, 0) is 31.6 Å². The summed E-state index contributed by atoms with van der Waals surface area (Å²) in [6.45, 7) is 7.33. The van der Waals surface area contributed by atoms with E-state index in [9.17, 15) is 43.2 Å². The molecule has 0 aliphatic rings. The number of rotatable bonds is 77. The standard InChI is InChI=1S/C77H150O17P2/c1-6-9-12-15-18-21-24-31-37-41-46-51-56-61-75(80)88-67-73(94-77(82)63-58-53-48-43-38-33-30-28-26-25-27-29-32-36-39-44-49-54-59-70(4)5)69-92-96(85,86)90-65-71(78)64-89-95(83,84)91-68-72(93-76(81)62-57-52-47-42-35-23-20-17-14-11-8-3)66-87-74(79)60-55-50-45-40-34-22-19-16-13-10-7-2/h70-73,78H,6-69H2,1-5H3,(H,83,84)(H,85,86)/t71-,72+,73+/m0/s1. The molecule has 19 heteroatoms. The number of carbonyl (C=O) groups excluding carboxylic acids is 4. The Hall–Kier alpha value is -1.94. The number of aliphatic hydroxyl groups excluding tert-OH is 1. The number of phosphoric acid groups is 2. The zero-order chi connectivity index (χ0) is 70.5. The molecule has 0 bridgehead atoms. The lowest BCUT2D eigenvalue weighted by molar-refractivity contribution is -0.161. The maximum absolute atomic E-state index is 13.1. The Labute approximate surface area is 588 Å². The molecule has 0 aliphatic heterocycles. The Morgan fingerprint density at radius 3 is 0.708 bits per heavy atom. The first-order chi connectivity index (χ1) is 46.5. The summed E-state index contributed by atoms with van der Waals surface area (Å²) in [5, 5.41) is 10.6. The summed E-state index contributed by atoms with van der Waals surface area (Å²) in [6, 6.07) is 0. The van der Waals surface area contributed by atoms with Gasteiger partial charge in [0.25, 0.3) is 0 Å². The monoisotopic (exact) mass is 1410 g/mol. The van der Waals surface area contributed by atoms with Gasteiger partial charge >= 0.3 is 39.5 Å². The predicted molar refractivity (Wildman–Crippen MR) is 391 cm³/mol. The van der Waals surface area contributed by atoms with Crippen LogP contribution in [0.15, 0.2) is 0 Å². The zero-order valence-corrected chi connectivity index (χ0v) is 64.3. The summed E-state index contributed by atoms with van der Waals surface area (Å²) in [6.07, 6.45) is 59.5. The minimum atomic E-state index is -4.96. The number of ether oxygens (including phenoxy) is 4. The number of phosphoric ester groups is 2. The lowest BCUT2D eigenvalue weighted by atomic mass is 10.0. The van der Waals surface area contributed by atoms with E-state index in [-0.39, 0.29) is 25.7 Å². The molecule has 0 saturated heterocycles. The average Bonchev–Trinajstić information content (AvgIpc) is 1.88. The molecule has 0 aliphatic carbocycles. The van der Waals surface area contributed by atoms with Crippen LogP contribution in [0.1, 0.15) is 407 Å². The third-order valence-electron chi connectivity index (χ3n) is 18.0. The third-order valence-corrected chi connectivity index (χ3v) is 19.9. The minimum Gasteiger partial charge on any atom is -0.462 e. The zero-order valence-electron chi connectivity index (χ0n) is 62.5. The van der Waals surface area contributed by atoms with E-state index < -0.39 is 97.5 Å². The van der Waals surface area contributed by atoms with Crippen LogP contribution in [0.5, 0.6) is 0 Å². The fourth-order valence-corrected chi connectivity index (χ4v) is 13.5. The molecule has 0 aromatic heterocycles. The van der Waals surface area contributed by atoms with E-state index in [0.29, 0.717) is 25.7 Å². The highest BCUT2D eigenvalue weighted by molar-refractivity contribution is 7.47. The average molecular weight is 1410 g/mol. The highest BCUT2D eigenvalue weighted by Gasteiger charge is 2.30. The molecule has 570 valence electrons. The van der Waals surface area contributed by atoms with Crippen molar-refractivity contribution in [3.8, 4) is 0 Å². The van der Waals surface area contributed by atoms with Gasteiger partial charge in [0.05, 0.1) is 26.4 Å². The van der Waals surface area contributed by atoms with E-state index in [1.165, 1.54) is 231 Å². The molecule has 96 heavy (non-hydrogen) atoms. The number of carbonyl (C=O) groups is 4. The summed E-state index contributed by atoms with van der Waals surface area (Å²) < 4.78 is 68.5. The van der Waals surface area contributed by atoms with Gasteiger partial charge in [-0.1, -0.05) is 356 Å². The van der Waals surface area contributed by atoms with Crippen LogP contribution in [-0.2, 0) is 65.4 Å². The SMILES string of the molecule is CCCCCCCCCCCCCCCC(=O)OC[C@H](COP(=O)(O)OC[C@@H](O)COP(=O)(O)OC[C@@H](COC(=O)CCCCCCCCCCCCC)OC(=O)CCCCCCCCCCCCC)OC(=O)CCCCCCCCCCCCCCCCCCCCC(C)C. The van der Waals surface area contributed by atoms with Crippen LogP contribution >= 0.6 is 15.6 Å². The largest absolute Gasteiger partial charge is 0.472 e. The molecule has 0 rings (SSSR count). The Morgan fingerprint density at radius 2 is 0.479 bits per heavy atom. The molecule has 0 fully saturated rings. The van der Waals surface area contributed by atoms with Crippen molar-refractivity contribution in [1.29, 1.82) is 0 Å². The van der Waals surface area contributed by atoms with Crippen LogP contribution in [0.2, 0.25) is 0 Å². The molecular formula is C77H150O17P2. The molecule has 0 saturated carbocycles. The van der Waals surface area contributed by atoms with Gasteiger partial charge in [0, 0.05) is 25.7 Å². The third kappa shape index (κ3) is 70.5. The highest BCUT2D eigenvalue weighted by Crippen LogP contribution is 2.45. The second-order valence-corrected chi connectivity index (χ2v) is 31.1. The van der Waals surface area contributed by atoms with E-state index in [1.807, 2.05) is 0 Å². The number of hydrogen-bond acceptors (Lipinski definition) is 15. The van der Waals surface area contributed by atoms with Crippen LogP contribution in [0.4, 0.5) is 0 Å². The van der Waals surface area contributed by atoms with Gasteiger partial charge < -0.3 is 33.8 Å². The maximum Gasteiger partial charge on any atom is 0.472 e. The summed E-state index contributed by atoms with van der Waals surface area (Å²) in [4.78, 5) is 72.8. The molecular weight excluding hydrogens is 1260 g/mol. The molecule has 0 amide bonds. The summed E-state index contributed by atoms with van der Waals surface area (Å²) in [5.74, 6) is -1.29. The molecule has 0 heterocycles. The van der Waals surface area contributed by atoms with Crippen molar-refractivity contribution in [3.05, 3.63) is 0 Å². The van der Waals surface area contributed by atoms with Crippen LogP contribution in [0, 0.1) is 5.92 Å². The Kier molecular flexibility index (Phi) is 68.7. The topological polar surface area (TPSA) is 237 Å². The molecule has 0 aromatic rings. The Morgan fingerprint density at radius 1 is 0.281 bits per heavy atom. The van der Waals surface area contributed by atoms with Crippen molar-refractivity contribution in [1.82, 2.24) is 0 Å². The Balaban J connectivity index is 5.19. The molecule has 2 unspecified atom stereocenters. The quantitative estimate of drug-likeness (QED) is 0.0222. The number of esters is 4. The second-order valence-electron chi connectivity index (χ2n) is 28.2. The molecule has 0 aromatic carbocycles. The summed E-state index contributed by atoms with van der Waals surface area (Å²) in [7, 11) is -9.91. The van der Waals surface area contributed by atoms with E-state index in [1.54, 1.807) is 0 Å². The molecule has 0 radical (unpaired) electrons. The van der Waals surface area contributed by atoms with Crippen molar-refractivity contribution in [2.24, 2.45) is 5.92 Å². The number of hydrogen-bond donors (Lipinski definition) is 3. The lowest BCUT2D eigenvalue weighted by Crippen LogP contribution is -2.30. The first-order valence-electron chi connectivity index (χ1n) is 40.1. The smallest absolute Gasteiger partial charge is 0.462 e. The van der Waals surface area contributed by atoms with Gasteiger partial charge in [0.15, 0.2) is 12.2 Å². The van der Waals surface area contributed by atoms with Crippen LogP contribution in [0.25, 0.3) is 0 Å². The second kappa shape index (κ2) is 70.1. The molecule has 5 atom stereocenters. The molecule has 0 spiro atoms. The van der Waals surface area contributed by atoms with Gasteiger partial charge in [-0.15, -0.1) is 0 Å². The van der Waals surface area contributed by atoms with Crippen LogP contribution in [-0.4, -0.2) is 96.7 Å². The van der Waals surface area contributed by atoms with Crippen molar-refractivity contribution >= 4 is 39.5 Å². The Bertz CT molecular complexity index is 1840. The van der Waals surface area contributed by atoms with Crippen molar-refractivity contribution in [2.45, 2.75) is 425 Å². The van der Waals surface area contributed by atoms with Gasteiger partial charge in [0.2, 0.25) is 0 Å². The fourth-order valence-electron chi connectivity index (χ4n) is 11.9. The first-order valence-corrected chi connectivity index (χ1v) is 43.1. The van der Waals surface area contributed by atoms with E-state index >= 15 is 0 Å². The van der Waals surface area contributed by atoms with Gasteiger partial charge in [-0.2, -0.15) is 0 Å². The summed E-state index contributed by atoms with van der Waals surface area (Å²) >= 11 is 0. The van der Waals surface area contributed by atoms with E-state index in [2.05, 4.69) is 34.6 Å². The van der Waals surface area contributed by atoms with Crippen molar-refractivity contribution < 1.29 is 80.2 Å². The van der Waals surface area contributed by atoms with Crippen molar-refractivity contribution in [2.75, 3.05) is 39.6 Å². The highest BCUT2D eigenvalue weighted by atomic mass is 31.2. The molecule has 3 N–H and O–H groups in total. The lowest BCUT2D eigenvalue weighted by Gasteiger charge is -2.21. The van der Waals surface area contributed by atoms with Crippen molar-refractivity contribution in [3.63, 3.8) is 0 Å². The van der Waals surface area contributed by atoms with E-state index in [4.69, 9.17) is 37.0 Å². The van der Waals surface area contributed by atoms with E-state index in [0.717, 1.165) is 95.8 Å². The van der Waals surface area contributed by atoms with Gasteiger partial charge in [-0.3, -0.25) is 37.3 Å². The maximum atomic E-state index is 13.1.